The fraction of sp³-hybridized carbons (Fsp3) is 0.348. The molecule has 6 nitrogen and oxygen atoms in total. The lowest BCUT2D eigenvalue weighted by atomic mass is 10.3. The van der Waals surface area contributed by atoms with E-state index < -0.39 is 5.97 Å². The number of esters is 1. The van der Waals surface area contributed by atoms with E-state index in [1.54, 1.807) is 22.1 Å². The molecule has 0 aliphatic heterocycles. The van der Waals surface area contributed by atoms with Gasteiger partial charge in [0.05, 0.1) is 10.6 Å². The molecule has 0 saturated heterocycles. The molecule has 2 heterocycles. The Morgan fingerprint density at radius 3 is 2.67 bits per heavy atom. The van der Waals surface area contributed by atoms with Crippen molar-refractivity contribution < 1.29 is 14.3 Å². The highest BCUT2D eigenvalue weighted by atomic mass is 32.1. The number of aromatic nitrogens is 2. The second kappa shape index (κ2) is 9.26. The van der Waals surface area contributed by atoms with E-state index >= 15 is 0 Å². The van der Waals surface area contributed by atoms with E-state index in [-0.39, 0.29) is 12.5 Å². The van der Waals surface area contributed by atoms with Crippen molar-refractivity contribution >= 4 is 23.2 Å². The molecule has 1 amide bonds. The van der Waals surface area contributed by atoms with Gasteiger partial charge in [-0.1, -0.05) is 31.2 Å². The lowest BCUT2D eigenvalue weighted by molar-refractivity contribution is -0.134. The molecule has 1 fully saturated rings. The Hall–Kier alpha value is -2.93. The zero-order valence-corrected chi connectivity index (χ0v) is 17.8. The Morgan fingerprint density at radius 2 is 2.00 bits per heavy atom. The van der Waals surface area contributed by atoms with Gasteiger partial charge in [-0.3, -0.25) is 4.79 Å². The quantitative estimate of drug-likeness (QED) is 0.478. The third-order valence-corrected chi connectivity index (χ3v) is 5.93. The zero-order chi connectivity index (χ0) is 20.9. The van der Waals surface area contributed by atoms with Crippen molar-refractivity contribution in [3.8, 4) is 16.3 Å². The van der Waals surface area contributed by atoms with E-state index in [2.05, 4.69) is 5.10 Å². The van der Waals surface area contributed by atoms with Crippen molar-refractivity contribution in [3.05, 3.63) is 59.6 Å². The topological polar surface area (TPSA) is 64.4 Å². The first-order chi connectivity index (χ1) is 14.7. The van der Waals surface area contributed by atoms with Crippen LogP contribution in [-0.4, -0.2) is 46.3 Å². The lowest BCUT2D eigenvalue weighted by Crippen LogP contribution is -2.37. The van der Waals surface area contributed by atoms with Crippen LogP contribution in [-0.2, 0) is 9.53 Å². The summed E-state index contributed by atoms with van der Waals surface area (Å²) in [6.45, 7) is 3.25. The van der Waals surface area contributed by atoms with Crippen molar-refractivity contribution in [2.24, 2.45) is 5.92 Å². The molecule has 1 aliphatic carbocycles. The number of rotatable bonds is 9. The van der Waals surface area contributed by atoms with E-state index in [9.17, 15) is 9.59 Å². The normalized spacial score (nSPS) is 13.2. The van der Waals surface area contributed by atoms with Crippen molar-refractivity contribution in [1.29, 1.82) is 0 Å². The van der Waals surface area contributed by atoms with Gasteiger partial charge >= 0.3 is 5.97 Å². The molecule has 1 saturated carbocycles. The fourth-order valence-electron chi connectivity index (χ4n) is 3.33. The molecule has 0 radical (unpaired) electrons. The van der Waals surface area contributed by atoms with Crippen molar-refractivity contribution in [2.45, 2.75) is 26.2 Å². The minimum absolute atomic E-state index is 0.138. The molecule has 3 aromatic rings. The SMILES string of the molecule is CCCN(CC1CC1)C(=O)COC(=O)c1cc(-c2cccs2)nn1-c1ccccc1. The third-order valence-electron chi connectivity index (χ3n) is 5.04. The predicted molar refractivity (Wildman–Crippen MR) is 117 cm³/mol. The standard InChI is InChI=1S/C23H25N3O3S/c1-2-12-25(15-17-10-11-17)22(27)16-29-23(28)20-14-19(21-9-6-13-30-21)24-26(20)18-7-4-3-5-8-18/h3-9,13-14,17H,2,10-12,15-16H2,1H3. The van der Waals surface area contributed by atoms with Gasteiger partial charge in [-0.2, -0.15) is 5.10 Å². The summed E-state index contributed by atoms with van der Waals surface area (Å²) < 4.78 is 7.00. The summed E-state index contributed by atoms with van der Waals surface area (Å²) in [6.07, 6.45) is 3.24. The Kier molecular flexibility index (Phi) is 6.28. The van der Waals surface area contributed by atoms with Crippen molar-refractivity contribution in [3.63, 3.8) is 0 Å². The molecule has 2 aromatic heterocycles. The van der Waals surface area contributed by atoms with Crippen LogP contribution in [0.2, 0.25) is 0 Å². The minimum atomic E-state index is -0.551. The Morgan fingerprint density at radius 1 is 1.20 bits per heavy atom. The summed E-state index contributed by atoms with van der Waals surface area (Å²) in [5.41, 5.74) is 1.77. The van der Waals surface area contributed by atoms with Gasteiger partial charge in [0.25, 0.3) is 5.91 Å². The van der Waals surface area contributed by atoms with Gasteiger partial charge < -0.3 is 9.64 Å². The molecule has 0 spiro atoms. The van der Waals surface area contributed by atoms with Crippen LogP contribution in [0.4, 0.5) is 0 Å². The number of amides is 1. The number of carbonyl (C=O) groups is 2. The van der Waals surface area contributed by atoms with Crippen LogP contribution < -0.4 is 0 Å². The van der Waals surface area contributed by atoms with Gasteiger partial charge in [-0.05, 0) is 48.8 Å². The zero-order valence-electron chi connectivity index (χ0n) is 17.0. The summed E-state index contributed by atoms with van der Waals surface area (Å²) in [5, 5.41) is 6.58. The fourth-order valence-corrected chi connectivity index (χ4v) is 4.01. The van der Waals surface area contributed by atoms with Gasteiger partial charge in [-0.25, -0.2) is 9.48 Å². The largest absolute Gasteiger partial charge is 0.451 e. The first-order valence-electron chi connectivity index (χ1n) is 10.3. The molecule has 156 valence electrons. The molecule has 4 rings (SSSR count). The first kappa shape index (κ1) is 20.3. The number of nitrogens with zero attached hydrogens (tertiary/aromatic N) is 3. The van der Waals surface area contributed by atoms with E-state index in [4.69, 9.17) is 4.74 Å². The lowest BCUT2D eigenvalue weighted by Gasteiger charge is -2.21. The van der Waals surface area contributed by atoms with Gasteiger partial charge in [0.1, 0.15) is 5.69 Å². The Bertz CT molecular complexity index is 994. The maximum absolute atomic E-state index is 12.9. The molecule has 30 heavy (non-hydrogen) atoms. The number of benzene rings is 1. The smallest absolute Gasteiger partial charge is 0.357 e. The molecule has 7 heteroatoms. The summed E-state index contributed by atoms with van der Waals surface area (Å²) in [7, 11) is 0. The number of para-hydroxylation sites is 1. The molecule has 1 aromatic carbocycles. The van der Waals surface area contributed by atoms with E-state index in [0.29, 0.717) is 23.9 Å². The Balaban J connectivity index is 1.51. The van der Waals surface area contributed by atoms with Crippen LogP contribution in [0.1, 0.15) is 36.7 Å². The van der Waals surface area contributed by atoms with Gasteiger partial charge in [0, 0.05) is 19.2 Å². The summed E-state index contributed by atoms with van der Waals surface area (Å²) in [4.78, 5) is 28.3. The number of hydrogen-bond acceptors (Lipinski definition) is 5. The summed E-state index contributed by atoms with van der Waals surface area (Å²) in [5.74, 6) is -0.0872. The van der Waals surface area contributed by atoms with Crippen LogP contribution in [0.15, 0.2) is 53.9 Å². The number of thiophene rings is 1. The van der Waals surface area contributed by atoms with E-state index in [1.807, 2.05) is 59.7 Å². The van der Waals surface area contributed by atoms with Crippen LogP contribution in [0.25, 0.3) is 16.3 Å². The Labute approximate surface area is 180 Å². The number of ether oxygens (including phenoxy) is 1. The van der Waals surface area contributed by atoms with Crippen molar-refractivity contribution in [2.75, 3.05) is 19.7 Å². The summed E-state index contributed by atoms with van der Waals surface area (Å²) in [6, 6.07) is 15.1. The second-order valence-corrected chi connectivity index (χ2v) is 8.45. The van der Waals surface area contributed by atoms with E-state index in [0.717, 1.165) is 23.5 Å². The third kappa shape index (κ3) is 4.79. The van der Waals surface area contributed by atoms with Crippen LogP contribution in [0, 0.1) is 5.92 Å². The number of hydrogen-bond donors (Lipinski definition) is 0. The maximum Gasteiger partial charge on any atom is 0.357 e. The average molecular weight is 424 g/mol. The minimum Gasteiger partial charge on any atom is -0.451 e. The highest BCUT2D eigenvalue weighted by molar-refractivity contribution is 7.13. The highest BCUT2D eigenvalue weighted by Gasteiger charge is 2.27. The van der Waals surface area contributed by atoms with Gasteiger partial charge in [0.2, 0.25) is 0 Å². The van der Waals surface area contributed by atoms with Crippen LogP contribution >= 0.6 is 11.3 Å². The average Bonchev–Trinajstić information content (AvgIpc) is 3.24. The maximum atomic E-state index is 12.9. The van der Waals surface area contributed by atoms with Gasteiger partial charge in [0.15, 0.2) is 12.3 Å². The van der Waals surface area contributed by atoms with Crippen molar-refractivity contribution in [1.82, 2.24) is 14.7 Å². The number of carbonyl (C=O) groups excluding carboxylic acids is 2. The summed E-state index contributed by atoms with van der Waals surface area (Å²) >= 11 is 1.56. The molecular weight excluding hydrogens is 398 g/mol. The predicted octanol–water partition coefficient (Wildman–Crippen LogP) is 4.41. The van der Waals surface area contributed by atoms with Gasteiger partial charge in [-0.15, -0.1) is 11.3 Å². The molecule has 0 bridgehead atoms. The first-order valence-corrected chi connectivity index (χ1v) is 11.2. The monoisotopic (exact) mass is 423 g/mol. The molecular formula is C23H25N3O3S. The second-order valence-electron chi connectivity index (χ2n) is 7.50. The molecule has 0 atom stereocenters. The molecule has 1 aliphatic rings. The van der Waals surface area contributed by atoms with Crippen LogP contribution in [0.3, 0.4) is 0 Å². The molecule has 0 unspecified atom stereocenters. The van der Waals surface area contributed by atoms with Crippen LogP contribution in [0.5, 0.6) is 0 Å². The highest BCUT2D eigenvalue weighted by Crippen LogP contribution is 2.30. The molecule has 0 N–H and O–H groups in total. The van der Waals surface area contributed by atoms with E-state index in [1.165, 1.54) is 12.8 Å².